The van der Waals surface area contributed by atoms with E-state index in [4.69, 9.17) is 28.4 Å². The Balaban J connectivity index is 1.78. The molecule has 15 heteroatoms. The number of carbonyl (C=O) groups excluding carboxylic acids is 2. The van der Waals surface area contributed by atoms with Crippen LogP contribution in [0.2, 0.25) is 0 Å². The third-order valence-electron chi connectivity index (χ3n) is 12.4. The van der Waals surface area contributed by atoms with E-state index >= 15 is 0 Å². The van der Waals surface area contributed by atoms with Gasteiger partial charge in [-0.15, -0.1) is 0 Å². The normalized spacial score (nSPS) is 25.7. The number of rotatable bonds is 41. The van der Waals surface area contributed by atoms with Crippen molar-refractivity contribution in [2.45, 2.75) is 235 Å². The third kappa shape index (κ3) is 30.1. The molecule has 0 aromatic rings. The molecular weight excluding hydrogens is 925 g/mol. The molecule has 11 atom stereocenters. The van der Waals surface area contributed by atoms with Gasteiger partial charge in [-0.25, -0.2) is 0 Å². The molecule has 2 saturated heterocycles. The molecule has 0 aliphatic carbocycles. The van der Waals surface area contributed by atoms with E-state index in [1.54, 1.807) is 0 Å². The Kier molecular flexibility index (Phi) is 38.7. The highest BCUT2D eigenvalue weighted by molar-refractivity contribution is 5.70. The van der Waals surface area contributed by atoms with Crippen LogP contribution in [0.4, 0.5) is 0 Å². The van der Waals surface area contributed by atoms with E-state index in [-0.39, 0.29) is 19.4 Å². The fourth-order valence-electron chi connectivity index (χ4n) is 7.94. The van der Waals surface area contributed by atoms with E-state index in [2.05, 4.69) is 86.8 Å². The summed E-state index contributed by atoms with van der Waals surface area (Å²) in [4.78, 5) is 25.8. The Hall–Kier alpha value is -3.32. The van der Waals surface area contributed by atoms with Gasteiger partial charge in [0.25, 0.3) is 0 Å². The minimum atomic E-state index is -1.78. The average Bonchev–Trinajstić information content (AvgIpc) is 3.37. The van der Waals surface area contributed by atoms with E-state index in [0.717, 1.165) is 89.9 Å². The highest BCUT2D eigenvalue weighted by Gasteiger charge is 2.47. The van der Waals surface area contributed by atoms with Gasteiger partial charge in [0.2, 0.25) is 0 Å². The number of ether oxygens (including phenoxy) is 6. The molecule has 0 spiro atoms. The molecule has 2 rings (SSSR count). The van der Waals surface area contributed by atoms with Gasteiger partial charge >= 0.3 is 11.9 Å². The number of esters is 2. The van der Waals surface area contributed by atoms with Crippen LogP contribution < -0.4 is 0 Å². The summed E-state index contributed by atoms with van der Waals surface area (Å²) in [5, 5.41) is 72.1. The first-order valence-corrected chi connectivity index (χ1v) is 27.2. The highest BCUT2D eigenvalue weighted by Crippen LogP contribution is 2.26. The lowest BCUT2D eigenvalue weighted by Gasteiger charge is -2.42. The molecule has 0 aromatic heterocycles. The van der Waals surface area contributed by atoms with Crippen LogP contribution >= 0.6 is 0 Å². The lowest BCUT2D eigenvalue weighted by atomic mass is 9.98. The van der Waals surface area contributed by atoms with E-state index < -0.39 is 99.3 Å². The smallest absolute Gasteiger partial charge is 0.306 e. The Morgan fingerprint density at radius 2 is 0.903 bits per heavy atom. The van der Waals surface area contributed by atoms with Gasteiger partial charge in [0, 0.05) is 12.8 Å². The highest BCUT2D eigenvalue weighted by atomic mass is 16.7. The summed E-state index contributed by atoms with van der Waals surface area (Å²) in [7, 11) is 0. The maximum absolute atomic E-state index is 13.0. The van der Waals surface area contributed by atoms with Gasteiger partial charge in [-0.2, -0.15) is 0 Å². The zero-order chi connectivity index (χ0) is 52.4. The maximum atomic E-state index is 13.0. The van der Waals surface area contributed by atoms with Crippen LogP contribution in [-0.4, -0.2) is 142 Å². The number of aliphatic hydroxyl groups excluding tert-OH is 7. The fourth-order valence-corrected chi connectivity index (χ4v) is 7.94. The molecule has 7 N–H and O–H groups in total. The van der Waals surface area contributed by atoms with Crippen molar-refractivity contribution in [3.63, 3.8) is 0 Å². The van der Waals surface area contributed by atoms with Crippen LogP contribution in [0.15, 0.2) is 85.1 Å². The zero-order valence-corrected chi connectivity index (χ0v) is 43.6. The van der Waals surface area contributed by atoms with E-state index in [9.17, 15) is 45.3 Å². The van der Waals surface area contributed by atoms with Crippen LogP contribution in [-0.2, 0) is 38.0 Å². The van der Waals surface area contributed by atoms with E-state index in [1.165, 1.54) is 38.5 Å². The lowest BCUT2D eigenvalue weighted by Crippen LogP contribution is -2.61. The summed E-state index contributed by atoms with van der Waals surface area (Å²) in [6.45, 7) is 2.38. The van der Waals surface area contributed by atoms with Gasteiger partial charge < -0.3 is 64.2 Å². The second kappa shape index (κ2) is 43.0. The second-order valence-electron chi connectivity index (χ2n) is 18.7. The average molecular weight is 1020 g/mol. The molecule has 2 heterocycles. The first-order valence-electron chi connectivity index (χ1n) is 27.2. The van der Waals surface area contributed by atoms with Crippen LogP contribution in [0.1, 0.15) is 168 Å². The summed E-state index contributed by atoms with van der Waals surface area (Å²) in [5.41, 5.74) is 0. The first kappa shape index (κ1) is 64.8. The van der Waals surface area contributed by atoms with Crippen LogP contribution in [0.25, 0.3) is 0 Å². The molecule has 15 nitrogen and oxygen atoms in total. The minimum absolute atomic E-state index is 0.0522. The Morgan fingerprint density at radius 1 is 0.458 bits per heavy atom. The van der Waals surface area contributed by atoms with Crippen LogP contribution in [0, 0.1) is 0 Å². The number of hydrogen-bond acceptors (Lipinski definition) is 15. The molecule has 5 unspecified atom stereocenters. The molecule has 72 heavy (non-hydrogen) atoms. The molecule has 0 amide bonds. The summed E-state index contributed by atoms with van der Waals surface area (Å²) in [5.74, 6) is -1.02. The van der Waals surface area contributed by atoms with Crippen molar-refractivity contribution < 1.29 is 73.8 Å². The van der Waals surface area contributed by atoms with Crippen molar-refractivity contribution in [1.29, 1.82) is 0 Å². The summed E-state index contributed by atoms with van der Waals surface area (Å²) in [6.07, 6.45) is 36.2. The van der Waals surface area contributed by atoms with Gasteiger partial charge in [0.05, 0.1) is 19.8 Å². The second-order valence-corrected chi connectivity index (χ2v) is 18.7. The Morgan fingerprint density at radius 3 is 1.43 bits per heavy atom. The molecule has 0 saturated carbocycles. The lowest BCUT2D eigenvalue weighted by molar-refractivity contribution is -0.332. The molecule has 0 radical (unpaired) electrons. The first-order chi connectivity index (χ1) is 35.0. The van der Waals surface area contributed by atoms with Crippen molar-refractivity contribution in [1.82, 2.24) is 0 Å². The van der Waals surface area contributed by atoms with E-state index in [0.29, 0.717) is 12.8 Å². The number of hydrogen-bond donors (Lipinski definition) is 7. The largest absolute Gasteiger partial charge is 0.462 e. The molecule has 0 aromatic carbocycles. The standard InChI is InChI=1S/C57H94O15/c1-3-5-7-9-11-13-15-17-18-19-20-21-22-23-24-25-26-28-29-31-33-35-37-39-48(59)67-42-45(70-49(60)40-38-36-34-32-30-27-16-14-12-10-8-6-4-2)43-68-56-55(66)53(64)51(62)47(72-56)44-69-57-54(65)52(63)50(61)46(41-58)71-57/h5,7,11,13,17-18,20-21,23-24,27,30,34,36,45-47,50-58,61-66H,3-4,6,8-10,12,14-16,19,22,25-26,28-29,31-33,35,37-44H2,1-2H3/b7-5+,13-11+,18-17+,21-20+,24-23+,30-27+,36-34+/t45?,46-,47-,50+,51+,52?,53?,54?,55?,56-,57-/m1/s1. The van der Waals surface area contributed by atoms with Gasteiger partial charge in [-0.1, -0.05) is 163 Å². The predicted molar refractivity (Wildman–Crippen MR) is 279 cm³/mol. The van der Waals surface area contributed by atoms with Crippen molar-refractivity contribution in [2.24, 2.45) is 0 Å². The Bertz CT molecular complexity index is 1570. The van der Waals surface area contributed by atoms with Crippen molar-refractivity contribution >= 4 is 11.9 Å². The van der Waals surface area contributed by atoms with Crippen molar-refractivity contribution in [2.75, 3.05) is 26.4 Å². The SMILES string of the molecule is CC/C=C/C/C=C/C/C=C/C/C=C/C/C=C/CCCCCCCCCC(=O)OCC(CO[C@@H]1O[C@H](CO[C@@H]2O[C@H](CO)[C@H](O)C(O)C2O)[C@H](O)C(O)C1O)OC(=O)CC/C=C/C/C=C/CCCCCCCC. The Labute approximate surface area is 431 Å². The summed E-state index contributed by atoms with van der Waals surface area (Å²) in [6, 6.07) is 0. The maximum Gasteiger partial charge on any atom is 0.306 e. The summed E-state index contributed by atoms with van der Waals surface area (Å²) >= 11 is 0. The molecule has 2 aliphatic heterocycles. The third-order valence-corrected chi connectivity index (χ3v) is 12.4. The topological polar surface area (TPSA) is 231 Å². The quantitative estimate of drug-likeness (QED) is 0.0173. The molecule has 412 valence electrons. The van der Waals surface area contributed by atoms with Crippen LogP contribution in [0.3, 0.4) is 0 Å². The monoisotopic (exact) mass is 1020 g/mol. The van der Waals surface area contributed by atoms with Crippen molar-refractivity contribution in [3.05, 3.63) is 85.1 Å². The van der Waals surface area contributed by atoms with Gasteiger partial charge in [-0.05, 0) is 77.0 Å². The van der Waals surface area contributed by atoms with Crippen molar-refractivity contribution in [3.8, 4) is 0 Å². The van der Waals surface area contributed by atoms with Gasteiger partial charge in [-0.3, -0.25) is 9.59 Å². The molecule has 2 aliphatic rings. The predicted octanol–water partition coefficient (Wildman–Crippen LogP) is 8.38. The number of unbranched alkanes of at least 4 members (excludes halogenated alkanes) is 13. The fraction of sp³-hybridized carbons (Fsp3) is 0.719. The number of aliphatic hydroxyl groups is 7. The molecular formula is C57H94O15. The van der Waals surface area contributed by atoms with Gasteiger partial charge in [0.1, 0.15) is 55.4 Å². The number of allylic oxidation sites excluding steroid dienone is 14. The van der Waals surface area contributed by atoms with E-state index in [1.807, 2.05) is 12.2 Å². The van der Waals surface area contributed by atoms with Gasteiger partial charge in [0.15, 0.2) is 18.7 Å². The minimum Gasteiger partial charge on any atom is -0.462 e. The summed E-state index contributed by atoms with van der Waals surface area (Å²) < 4.78 is 33.5. The molecule has 2 fully saturated rings. The molecule has 0 bridgehead atoms. The zero-order valence-electron chi connectivity index (χ0n) is 43.6. The van der Waals surface area contributed by atoms with Crippen LogP contribution in [0.5, 0.6) is 0 Å². The number of carbonyl (C=O) groups is 2.